The van der Waals surface area contributed by atoms with Crippen molar-refractivity contribution in [2.45, 2.75) is 68.1 Å². The molecule has 0 unspecified atom stereocenters. The lowest BCUT2D eigenvalue weighted by molar-refractivity contribution is -0.139. The summed E-state index contributed by atoms with van der Waals surface area (Å²) in [6.45, 7) is 19.0. The van der Waals surface area contributed by atoms with Gasteiger partial charge in [0.15, 0.2) is 0 Å². The summed E-state index contributed by atoms with van der Waals surface area (Å²) < 4.78 is 9.56. The molecule has 0 aliphatic heterocycles. The summed E-state index contributed by atoms with van der Waals surface area (Å²) in [4.78, 5) is 31.7. The number of aliphatic hydroxyl groups excluding tert-OH is 2. The number of carbonyl (C=O) groups excluding carboxylic acids is 3. The Labute approximate surface area is 230 Å². The highest BCUT2D eigenvalue weighted by atomic mass is 16.5. The Morgan fingerprint density at radius 3 is 1.50 bits per heavy atom. The molecule has 0 bridgehead atoms. The van der Waals surface area contributed by atoms with Gasteiger partial charge in [0.2, 0.25) is 0 Å². The fourth-order valence-corrected chi connectivity index (χ4v) is 1.70. The van der Waals surface area contributed by atoms with Crippen LogP contribution in [0.3, 0.4) is 0 Å². The summed E-state index contributed by atoms with van der Waals surface area (Å²) in [5.41, 5.74) is 1.06. The lowest BCUT2D eigenvalue weighted by atomic mass is 10.2. The quantitative estimate of drug-likeness (QED) is 0.107. The Kier molecular flexibility index (Phi) is 41.6. The van der Waals surface area contributed by atoms with E-state index < -0.39 is 12.2 Å². The van der Waals surface area contributed by atoms with Crippen molar-refractivity contribution in [1.29, 1.82) is 0 Å². The molecular weight excluding hydrogens is 484 g/mol. The van der Waals surface area contributed by atoms with E-state index in [0.717, 1.165) is 6.29 Å². The molecule has 0 radical (unpaired) electrons. The van der Waals surface area contributed by atoms with E-state index in [9.17, 15) is 19.5 Å². The van der Waals surface area contributed by atoms with Crippen LogP contribution in [0.15, 0.2) is 97.2 Å². The fourth-order valence-electron chi connectivity index (χ4n) is 1.70. The van der Waals surface area contributed by atoms with Crippen LogP contribution in [0.5, 0.6) is 0 Å². The normalized spacial score (nSPS) is 13.0. The van der Waals surface area contributed by atoms with Gasteiger partial charge in [-0.05, 0) is 54.5 Å². The first-order chi connectivity index (χ1) is 17.6. The van der Waals surface area contributed by atoms with Crippen molar-refractivity contribution in [2.75, 3.05) is 13.2 Å². The minimum absolute atomic E-state index is 0. The molecule has 0 saturated heterocycles. The predicted molar refractivity (Wildman–Crippen MR) is 160 cm³/mol. The summed E-state index contributed by atoms with van der Waals surface area (Å²) in [5, 5.41) is 18.2. The van der Waals surface area contributed by atoms with E-state index in [4.69, 9.17) is 14.6 Å². The second-order valence-corrected chi connectivity index (χ2v) is 6.71. The number of aldehydes is 1. The summed E-state index contributed by atoms with van der Waals surface area (Å²) in [5.74, 6) is -0.638. The van der Waals surface area contributed by atoms with Gasteiger partial charge in [0, 0.05) is 11.1 Å². The highest BCUT2D eigenvalue weighted by Gasteiger charge is 2.06. The van der Waals surface area contributed by atoms with Gasteiger partial charge in [-0.25, -0.2) is 9.59 Å². The van der Waals surface area contributed by atoms with Gasteiger partial charge in [0.1, 0.15) is 6.29 Å². The number of esters is 2. The third-order valence-electron chi connectivity index (χ3n) is 3.60. The average molecular weight is 535 g/mol. The third kappa shape index (κ3) is 34.6. The number of hydrogen-bond donors (Lipinski definition) is 2. The molecule has 7 nitrogen and oxygen atoms in total. The lowest BCUT2D eigenvalue weighted by Crippen LogP contribution is -2.19. The van der Waals surface area contributed by atoms with Crippen molar-refractivity contribution in [3.63, 3.8) is 0 Å². The van der Waals surface area contributed by atoms with Crippen LogP contribution in [-0.2, 0) is 23.9 Å². The number of carbonyl (C=O) groups is 3. The van der Waals surface area contributed by atoms with Gasteiger partial charge in [0.05, 0.1) is 25.4 Å². The second kappa shape index (κ2) is 35.6. The maximum absolute atomic E-state index is 11.1. The minimum Gasteiger partial charge on any atom is -0.463 e. The predicted octanol–water partition coefficient (Wildman–Crippen LogP) is 6.18. The zero-order valence-electron chi connectivity index (χ0n) is 23.4. The van der Waals surface area contributed by atoms with E-state index >= 15 is 0 Å². The van der Waals surface area contributed by atoms with E-state index in [2.05, 4.69) is 13.2 Å². The zero-order valence-corrected chi connectivity index (χ0v) is 23.4. The standard InChI is InChI=1S/C11H18O4.C11H16O2.C6H8O.C2H4.CH4/c1-4-15-11(14)8(2)6-5-7-10(13)9(3)12;1-4-6-7-8-9-10(3)11(12)13-5-2;1-2-3-4-5-6-7;1-2;/h5-7,9-10,12-13H,4H2,1-3H3;4,6-9H,5H2,1-3H3;2-6H,1H3;1-2H2;1H4/b7-5+,8-6+;6-4+,8-7+,10-9+;3-2+,5-4+;;/t9-,10-;;;;/m0..../s1. The Morgan fingerprint density at radius 1 is 0.763 bits per heavy atom. The van der Waals surface area contributed by atoms with Crippen LogP contribution in [0, 0.1) is 0 Å². The molecule has 0 spiro atoms. The van der Waals surface area contributed by atoms with Crippen LogP contribution in [-0.4, -0.2) is 53.9 Å². The van der Waals surface area contributed by atoms with Gasteiger partial charge in [-0.2, -0.15) is 0 Å². The van der Waals surface area contributed by atoms with Crippen LogP contribution in [0.1, 0.15) is 55.9 Å². The third-order valence-corrected chi connectivity index (χ3v) is 3.60. The van der Waals surface area contributed by atoms with E-state index in [1.165, 1.54) is 31.2 Å². The van der Waals surface area contributed by atoms with Crippen molar-refractivity contribution in [3.8, 4) is 0 Å². The molecule has 2 atom stereocenters. The van der Waals surface area contributed by atoms with Crippen LogP contribution < -0.4 is 0 Å². The number of rotatable bonds is 11. The molecule has 0 aromatic carbocycles. The highest BCUT2D eigenvalue weighted by molar-refractivity contribution is 5.88. The number of ether oxygens (including phenoxy) is 2. The highest BCUT2D eigenvalue weighted by Crippen LogP contribution is 1.99. The molecule has 216 valence electrons. The number of aliphatic hydroxyl groups is 2. The maximum Gasteiger partial charge on any atom is 0.333 e. The molecule has 0 rings (SSSR count). The Hall–Kier alpha value is -3.55. The van der Waals surface area contributed by atoms with E-state index in [0.29, 0.717) is 24.4 Å². The van der Waals surface area contributed by atoms with Crippen molar-refractivity contribution in [2.24, 2.45) is 0 Å². The first-order valence-corrected chi connectivity index (χ1v) is 11.9. The van der Waals surface area contributed by atoms with Crippen molar-refractivity contribution in [3.05, 3.63) is 97.2 Å². The lowest BCUT2D eigenvalue weighted by Gasteiger charge is -2.06. The summed E-state index contributed by atoms with van der Waals surface area (Å²) in [7, 11) is 0. The number of allylic oxidation sites excluding steroid dienone is 11. The maximum atomic E-state index is 11.1. The topological polar surface area (TPSA) is 110 Å². The first-order valence-electron chi connectivity index (χ1n) is 11.9. The molecule has 0 aliphatic carbocycles. The molecule has 0 saturated carbocycles. The van der Waals surface area contributed by atoms with Gasteiger partial charge >= 0.3 is 11.9 Å². The molecule has 0 aliphatic rings. The van der Waals surface area contributed by atoms with E-state index in [1.54, 1.807) is 45.9 Å². The Balaban J connectivity index is -0.000000144. The molecule has 0 heterocycles. The SMILES string of the molecule is C.C/C=C/C=C/C=C(\C)C(=O)OCC.C/C=C/C=C/C=O.C=C.CCOC(=O)/C(C)=C/C=C/[C@H](O)[C@H](C)O. The molecule has 38 heavy (non-hydrogen) atoms. The van der Waals surface area contributed by atoms with Gasteiger partial charge in [-0.3, -0.25) is 4.79 Å². The second-order valence-electron chi connectivity index (χ2n) is 6.71. The van der Waals surface area contributed by atoms with Crippen LogP contribution >= 0.6 is 0 Å². The Bertz CT molecular complexity index is 795. The van der Waals surface area contributed by atoms with E-state index in [1.807, 2.05) is 44.2 Å². The van der Waals surface area contributed by atoms with Gasteiger partial charge in [0.25, 0.3) is 0 Å². The number of hydrogen-bond acceptors (Lipinski definition) is 7. The molecule has 0 fully saturated rings. The molecule has 2 N–H and O–H groups in total. The molecule has 0 aromatic heterocycles. The van der Waals surface area contributed by atoms with Crippen LogP contribution in [0.4, 0.5) is 0 Å². The fraction of sp³-hybridized carbons (Fsp3) is 0.387. The average Bonchev–Trinajstić information content (AvgIpc) is 2.88. The zero-order chi connectivity index (χ0) is 29.5. The van der Waals surface area contributed by atoms with Crippen molar-refractivity contribution < 1.29 is 34.1 Å². The van der Waals surface area contributed by atoms with Gasteiger partial charge in [-0.1, -0.05) is 74.3 Å². The molecule has 0 aromatic rings. The summed E-state index contributed by atoms with van der Waals surface area (Å²) in [6, 6.07) is 0. The van der Waals surface area contributed by atoms with Crippen molar-refractivity contribution in [1.82, 2.24) is 0 Å². The largest absolute Gasteiger partial charge is 0.463 e. The smallest absolute Gasteiger partial charge is 0.333 e. The summed E-state index contributed by atoms with van der Waals surface area (Å²) in [6.07, 6.45) is 19.5. The Morgan fingerprint density at radius 2 is 1.16 bits per heavy atom. The van der Waals surface area contributed by atoms with Crippen LogP contribution in [0.25, 0.3) is 0 Å². The van der Waals surface area contributed by atoms with Gasteiger partial charge < -0.3 is 19.7 Å². The van der Waals surface area contributed by atoms with Gasteiger partial charge in [-0.15, -0.1) is 13.2 Å². The van der Waals surface area contributed by atoms with E-state index in [-0.39, 0.29) is 19.4 Å². The molecular formula is C31H50O7. The minimum atomic E-state index is -0.920. The van der Waals surface area contributed by atoms with Crippen molar-refractivity contribution >= 4 is 18.2 Å². The molecule has 7 heteroatoms. The molecule has 0 amide bonds. The summed E-state index contributed by atoms with van der Waals surface area (Å²) >= 11 is 0. The monoisotopic (exact) mass is 534 g/mol. The first kappa shape index (κ1) is 44.4. The van der Waals surface area contributed by atoms with Crippen LogP contribution in [0.2, 0.25) is 0 Å².